The third-order valence-corrected chi connectivity index (χ3v) is 3.27. The molecule has 18 heavy (non-hydrogen) atoms. The molecule has 1 aliphatic rings. The van der Waals surface area contributed by atoms with Crippen molar-refractivity contribution in [1.29, 1.82) is 5.26 Å². The van der Waals surface area contributed by atoms with Crippen molar-refractivity contribution in [2.45, 2.75) is 32.7 Å². The Morgan fingerprint density at radius 3 is 2.78 bits per heavy atom. The number of hydrogen-bond donors (Lipinski definition) is 0. The molecule has 0 saturated heterocycles. The van der Waals surface area contributed by atoms with Crippen molar-refractivity contribution in [3.8, 4) is 6.07 Å². The third kappa shape index (κ3) is 2.89. The summed E-state index contributed by atoms with van der Waals surface area (Å²) in [5.41, 5.74) is 1.15. The second kappa shape index (κ2) is 5.22. The van der Waals surface area contributed by atoms with Crippen LogP contribution in [0.25, 0.3) is 0 Å². The maximum absolute atomic E-state index is 12.4. The lowest BCUT2D eigenvalue weighted by Gasteiger charge is -2.27. The van der Waals surface area contributed by atoms with E-state index in [0.29, 0.717) is 17.0 Å². The molecule has 0 aromatic heterocycles. The van der Waals surface area contributed by atoms with Crippen LogP contribution in [-0.4, -0.2) is 23.4 Å². The standard InChI is InChI=1S/C15H18N2O/c1-11(2)17(10-12-6-7-12)15(18)14-5-3-4-13(8-14)9-16/h3-5,8,11-12H,6-7,10H2,1-2H3. The summed E-state index contributed by atoms with van der Waals surface area (Å²) < 4.78 is 0. The zero-order chi connectivity index (χ0) is 13.1. The van der Waals surface area contributed by atoms with Gasteiger partial charge in [-0.15, -0.1) is 0 Å². The number of carbonyl (C=O) groups excluding carboxylic acids is 1. The third-order valence-electron chi connectivity index (χ3n) is 3.27. The van der Waals surface area contributed by atoms with Gasteiger partial charge in [0.25, 0.3) is 5.91 Å². The summed E-state index contributed by atoms with van der Waals surface area (Å²) in [5, 5.41) is 8.87. The van der Waals surface area contributed by atoms with Gasteiger partial charge in [-0.25, -0.2) is 0 Å². The van der Waals surface area contributed by atoms with Gasteiger partial charge in [0.05, 0.1) is 11.6 Å². The second-order valence-electron chi connectivity index (χ2n) is 5.19. The number of amides is 1. The average Bonchev–Trinajstić information content (AvgIpc) is 3.19. The van der Waals surface area contributed by atoms with Gasteiger partial charge in [0, 0.05) is 18.2 Å². The summed E-state index contributed by atoms with van der Waals surface area (Å²) in [4.78, 5) is 14.3. The van der Waals surface area contributed by atoms with Crippen molar-refractivity contribution < 1.29 is 4.79 Å². The quantitative estimate of drug-likeness (QED) is 0.815. The van der Waals surface area contributed by atoms with Crippen molar-refractivity contribution in [1.82, 2.24) is 4.90 Å². The molecular weight excluding hydrogens is 224 g/mol. The topological polar surface area (TPSA) is 44.1 Å². The Kier molecular flexibility index (Phi) is 3.66. The highest BCUT2D eigenvalue weighted by Crippen LogP contribution is 2.30. The van der Waals surface area contributed by atoms with Gasteiger partial charge in [0.15, 0.2) is 0 Å². The second-order valence-corrected chi connectivity index (χ2v) is 5.19. The van der Waals surface area contributed by atoms with Gasteiger partial charge in [0.1, 0.15) is 0 Å². The largest absolute Gasteiger partial charge is 0.336 e. The van der Waals surface area contributed by atoms with E-state index in [4.69, 9.17) is 5.26 Å². The first-order valence-corrected chi connectivity index (χ1v) is 6.43. The van der Waals surface area contributed by atoms with E-state index in [1.54, 1.807) is 24.3 Å². The highest BCUT2D eigenvalue weighted by atomic mass is 16.2. The van der Waals surface area contributed by atoms with Crippen molar-refractivity contribution in [2.24, 2.45) is 5.92 Å². The first-order valence-electron chi connectivity index (χ1n) is 6.43. The van der Waals surface area contributed by atoms with Crippen molar-refractivity contribution in [3.63, 3.8) is 0 Å². The molecule has 94 valence electrons. The molecule has 1 aliphatic carbocycles. The molecule has 1 aromatic rings. The van der Waals surface area contributed by atoms with E-state index in [2.05, 4.69) is 6.07 Å². The molecule has 1 aromatic carbocycles. The zero-order valence-electron chi connectivity index (χ0n) is 10.9. The summed E-state index contributed by atoms with van der Waals surface area (Å²) in [6.45, 7) is 4.91. The molecule has 0 radical (unpaired) electrons. The number of nitriles is 1. The maximum Gasteiger partial charge on any atom is 0.254 e. The molecule has 0 atom stereocenters. The number of carbonyl (C=O) groups is 1. The zero-order valence-corrected chi connectivity index (χ0v) is 10.9. The first kappa shape index (κ1) is 12.6. The Balaban J connectivity index is 2.18. The molecule has 1 saturated carbocycles. The summed E-state index contributed by atoms with van der Waals surface area (Å²) in [6.07, 6.45) is 2.46. The van der Waals surface area contributed by atoms with Gasteiger partial charge in [0.2, 0.25) is 0 Å². The van der Waals surface area contributed by atoms with Crippen molar-refractivity contribution >= 4 is 5.91 Å². The fraction of sp³-hybridized carbons (Fsp3) is 0.467. The molecule has 0 unspecified atom stereocenters. The Bertz CT molecular complexity index is 484. The molecule has 2 rings (SSSR count). The van der Waals surface area contributed by atoms with Crippen molar-refractivity contribution in [2.75, 3.05) is 6.54 Å². The Hall–Kier alpha value is -1.82. The summed E-state index contributed by atoms with van der Waals surface area (Å²) in [5.74, 6) is 0.712. The molecular formula is C15H18N2O. The smallest absolute Gasteiger partial charge is 0.254 e. The number of hydrogen-bond acceptors (Lipinski definition) is 2. The van der Waals surface area contributed by atoms with E-state index < -0.39 is 0 Å². The fourth-order valence-electron chi connectivity index (χ4n) is 1.99. The van der Waals surface area contributed by atoms with Crippen LogP contribution >= 0.6 is 0 Å². The van der Waals surface area contributed by atoms with E-state index in [-0.39, 0.29) is 11.9 Å². The molecule has 0 bridgehead atoms. The maximum atomic E-state index is 12.4. The minimum Gasteiger partial charge on any atom is -0.336 e. The molecule has 0 heterocycles. The van der Waals surface area contributed by atoms with Crippen LogP contribution in [0.1, 0.15) is 42.6 Å². The van der Waals surface area contributed by atoms with Crippen LogP contribution in [0.4, 0.5) is 0 Å². The van der Waals surface area contributed by atoms with E-state index in [9.17, 15) is 4.79 Å². The minimum atomic E-state index is 0.0361. The summed E-state index contributed by atoms with van der Waals surface area (Å²) in [7, 11) is 0. The molecule has 3 heteroatoms. The van der Waals surface area contributed by atoms with Crippen LogP contribution in [0, 0.1) is 17.2 Å². The lowest BCUT2D eigenvalue weighted by Crippen LogP contribution is -2.38. The van der Waals surface area contributed by atoms with Crippen LogP contribution in [0.15, 0.2) is 24.3 Å². The first-order chi connectivity index (χ1) is 8.61. The van der Waals surface area contributed by atoms with Gasteiger partial charge >= 0.3 is 0 Å². The molecule has 0 N–H and O–H groups in total. The van der Waals surface area contributed by atoms with E-state index in [0.717, 1.165) is 6.54 Å². The van der Waals surface area contributed by atoms with Crippen LogP contribution in [0.5, 0.6) is 0 Å². The highest BCUT2D eigenvalue weighted by Gasteiger charge is 2.28. The molecule has 3 nitrogen and oxygen atoms in total. The van der Waals surface area contributed by atoms with Gasteiger partial charge in [-0.2, -0.15) is 5.26 Å². The van der Waals surface area contributed by atoms with Crippen LogP contribution in [0.2, 0.25) is 0 Å². The SMILES string of the molecule is CC(C)N(CC1CC1)C(=O)c1cccc(C#N)c1. The van der Waals surface area contributed by atoms with Crippen LogP contribution < -0.4 is 0 Å². The summed E-state index contributed by atoms with van der Waals surface area (Å²) >= 11 is 0. The molecule has 1 fully saturated rings. The fourth-order valence-corrected chi connectivity index (χ4v) is 1.99. The predicted octanol–water partition coefficient (Wildman–Crippen LogP) is 2.82. The predicted molar refractivity (Wildman–Crippen MR) is 70.1 cm³/mol. The Morgan fingerprint density at radius 2 is 2.22 bits per heavy atom. The molecule has 0 aliphatic heterocycles. The lowest BCUT2D eigenvalue weighted by atomic mass is 10.1. The van der Waals surface area contributed by atoms with E-state index in [1.165, 1.54) is 12.8 Å². The molecule has 0 spiro atoms. The monoisotopic (exact) mass is 242 g/mol. The van der Waals surface area contributed by atoms with E-state index >= 15 is 0 Å². The average molecular weight is 242 g/mol. The van der Waals surface area contributed by atoms with Gasteiger partial charge < -0.3 is 4.90 Å². The van der Waals surface area contributed by atoms with Gasteiger partial charge in [-0.1, -0.05) is 6.07 Å². The van der Waals surface area contributed by atoms with Crippen LogP contribution in [-0.2, 0) is 0 Å². The normalized spacial score (nSPS) is 14.3. The van der Waals surface area contributed by atoms with Crippen molar-refractivity contribution in [3.05, 3.63) is 35.4 Å². The summed E-state index contributed by atoms with van der Waals surface area (Å²) in [6, 6.07) is 9.21. The minimum absolute atomic E-state index is 0.0361. The molecule has 1 amide bonds. The number of rotatable bonds is 4. The number of nitrogens with zero attached hydrogens (tertiary/aromatic N) is 2. The Labute approximate surface area is 108 Å². The number of benzene rings is 1. The Morgan fingerprint density at radius 1 is 1.50 bits per heavy atom. The highest BCUT2D eigenvalue weighted by molar-refractivity contribution is 5.94. The lowest BCUT2D eigenvalue weighted by molar-refractivity contribution is 0.0696. The van der Waals surface area contributed by atoms with Crippen LogP contribution in [0.3, 0.4) is 0 Å². The van der Waals surface area contributed by atoms with Gasteiger partial charge in [-0.3, -0.25) is 4.79 Å². The van der Waals surface area contributed by atoms with Gasteiger partial charge in [-0.05, 0) is 50.8 Å². The van der Waals surface area contributed by atoms with E-state index in [1.807, 2.05) is 18.7 Å².